The molecule has 158 valence electrons. The average molecular weight is 453 g/mol. The van der Waals surface area contributed by atoms with E-state index in [0.717, 1.165) is 22.9 Å². The van der Waals surface area contributed by atoms with Crippen LogP contribution in [0.5, 0.6) is 11.5 Å². The van der Waals surface area contributed by atoms with Gasteiger partial charge in [0.2, 0.25) is 0 Å². The summed E-state index contributed by atoms with van der Waals surface area (Å²) < 4.78 is 62.7. The van der Waals surface area contributed by atoms with Crippen LogP contribution < -0.4 is 9.41 Å². The van der Waals surface area contributed by atoms with Crippen molar-refractivity contribution in [2.24, 2.45) is 0 Å². The minimum atomic E-state index is -4.56. The second-order valence-corrected chi connectivity index (χ2v) is 8.77. The largest absolute Gasteiger partial charge is 0.456 e. The lowest BCUT2D eigenvalue weighted by atomic mass is 10.2. The van der Waals surface area contributed by atoms with Crippen LogP contribution in [0.1, 0.15) is 12.5 Å². The van der Waals surface area contributed by atoms with Gasteiger partial charge in [0.15, 0.2) is 0 Å². The van der Waals surface area contributed by atoms with E-state index >= 15 is 0 Å². The quantitative estimate of drug-likeness (QED) is 0.276. The molecular weight excluding hydrogens is 436 g/mol. The van der Waals surface area contributed by atoms with Crippen molar-refractivity contribution in [2.45, 2.75) is 13.1 Å². The minimum Gasteiger partial charge on any atom is -0.456 e. The van der Waals surface area contributed by atoms with E-state index in [2.05, 4.69) is 0 Å². The fourth-order valence-electron chi connectivity index (χ4n) is 2.39. The minimum absolute atomic E-state index is 0.0465. The molecule has 29 heavy (non-hydrogen) atoms. The summed E-state index contributed by atoms with van der Waals surface area (Å²) in [5, 5.41) is 11.1. The number of anilines is 1. The van der Waals surface area contributed by atoms with Crippen molar-refractivity contribution >= 4 is 30.5 Å². The highest BCUT2D eigenvalue weighted by Crippen LogP contribution is 2.51. The van der Waals surface area contributed by atoms with Crippen molar-refractivity contribution in [3.05, 3.63) is 57.1 Å². The summed E-state index contributed by atoms with van der Waals surface area (Å²) in [7, 11) is -2.02. The Labute approximate surface area is 169 Å². The number of halogens is 4. The van der Waals surface area contributed by atoms with Crippen LogP contribution in [0.2, 0.25) is 5.02 Å². The van der Waals surface area contributed by atoms with Gasteiger partial charge in [-0.05, 0) is 31.2 Å². The van der Waals surface area contributed by atoms with E-state index in [4.69, 9.17) is 20.9 Å². The predicted molar refractivity (Wildman–Crippen MR) is 103 cm³/mol. The molecule has 2 aromatic carbocycles. The third-order valence-corrected chi connectivity index (χ3v) is 6.23. The Morgan fingerprint density at radius 2 is 1.90 bits per heavy atom. The summed E-state index contributed by atoms with van der Waals surface area (Å²) in [5.74, 6) is -0.0257. The van der Waals surface area contributed by atoms with Crippen molar-refractivity contribution in [3.63, 3.8) is 0 Å². The zero-order valence-corrected chi connectivity index (χ0v) is 17.2. The van der Waals surface area contributed by atoms with E-state index in [1.165, 1.54) is 25.8 Å². The van der Waals surface area contributed by atoms with Gasteiger partial charge in [-0.25, -0.2) is 0 Å². The van der Waals surface area contributed by atoms with E-state index in [0.29, 0.717) is 6.07 Å². The summed E-state index contributed by atoms with van der Waals surface area (Å²) in [6, 6.07) is 6.18. The van der Waals surface area contributed by atoms with E-state index in [-0.39, 0.29) is 34.5 Å². The molecule has 0 spiro atoms. The van der Waals surface area contributed by atoms with Crippen molar-refractivity contribution in [1.82, 2.24) is 0 Å². The predicted octanol–water partition coefficient (Wildman–Crippen LogP) is 6.35. The molecule has 0 radical (unpaired) electrons. The number of alkyl halides is 3. The highest BCUT2D eigenvalue weighted by atomic mass is 35.5. The van der Waals surface area contributed by atoms with Gasteiger partial charge in [-0.2, -0.15) is 13.2 Å². The molecule has 0 fully saturated rings. The molecule has 0 aliphatic heterocycles. The lowest BCUT2D eigenvalue weighted by Gasteiger charge is -2.26. The molecule has 0 heterocycles. The van der Waals surface area contributed by atoms with Crippen LogP contribution in [0, 0.1) is 10.1 Å². The van der Waals surface area contributed by atoms with Crippen LogP contribution >= 0.6 is 19.1 Å². The van der Waals surface area contributed by atoms with Gasteiger partial charge in [0.1, 0.15) is 17.2 Å². The van der Waals surface area contributed by atoms with Gasteiger partial charge in [0.25, 0.3) is 13.2 Å². The van der Waals surface area contributed by atoms with E-state index in [9.17, 15) is 27.9 Å². The van der Waals surface area contributed by atoms with Crippen LogP contribution in [0.3, 0.4) is 0 Å². The lowest BCUT2D eigenvalue weighted by Crippen LogP contribution is -2.16. The zero-order valence-electron chi connectivity index (χ0n) is 15.6. The molecule has 2 rings (SSSR count). The Bertz CT molecular complexity index is 971. The highest BCUT2D eigenvalue weighted by Gasteiger charge is 2.31. The Morgan fingerprint density at radius 1 is 1.24 bits per heavy atom. The van der Waals surface area contributed by atoms with Crippen molar-refractivity contribution < 1.29 is 31.9 Å². The third kappa shape index (κ3) is 5.41. The number of rotatable bonds is 7. The first-order valence-electron chi connectivity index (χ1n) is 8.16. The molecule has 0 bridgehead atoms. The molecule has 0 saturated heterocycles. The van der Waals surface area contributed by atoms with Gasteiger partial charge < -0.3 is 9.26 Å². The summed E-state index contributed by atoms with van der Waals surface area (Å²) >= 11 is 5.88. The van der Waals surface area contributed by atoms with E-state index in [1.54, 1.807) is 6.92 Å². The lowest BCUT2D eigenvalue weighted by molar-refractivity contribution is -0.384. The number of benzene rings is 2. The van der Waals surface area contributed by atoms with Gasteiger partial charge >= 0.3 is 6.18 Å². The number of ether oxygens (including phenoxy) is 1. The third-order valence-electron chi connectivity index (χ3n) is 3.89. The normalized spacial score (nSPS) is 13.6. The smallest absolute Gasteiger partial charge is 0.416 e. The number of hydrogen-bond donors (Lipinski definition) is 0. The number of hydrogen-bond acceptors (Lipinski definition) is 5. The standard InChI is InChI=1S/C17H17ClF3N2O5P/c1-4-27-29(3,26)22(2)15-10-12(6-7-14(15)23(24)25)28-16-8-5-11(9-13(16)18)17(19,20)21/h5-10H,4H2,1-3H3. The monoisotopic (exact) mass is 452 g/mol. The van der Waals surface area contributed by atoms with Crippen molar-refractivity contribution in [1.29, 1.82) is 0 Å². The van der Waals surface area contributed by atoms with Crippen LogP contribution in [-0.2, 0) is 15.3 Å². The fraction of sp³-hybridized carbons (Fsp3) is 0.294. The molecule has 0 aromatic heterocycles. The molecule has 0 saturated carbocycles. The number of nitro groups is 1. The maximum atomic E-state index is 12.8. The van der Waals surface area contributed by atoms with E-state index < -0.39 is 24.2 Å². The molecule has 0 aliphatic rings. The second kappa shape index (κ2) is 8.61. The highest BCUT2D eigenvalue weighted by molar-refractivity contribution is 7.59. The van der Waals surface area contributed by atoms with Crippen LogP contribution in [-0.4, -0.2) is 25.2 Å². The summed E-state index contributed by atoms with van der Waals surface area (Å²) in [6.07, 6.45) is -4.56. The van der Waals surface area contributed by atoms with Gasteiger partial charge in [-0.3, -0.25) is 19.3 Å². The average Bonchev–Trinajstić information content (AvgIpc) is 2.61. The first-order chi connectivity index (χ1) is 13.4. The van der Waals surface area contributed by atoms with Gasteiger partial charge in [0.05, 0.1) is 22.1 Å². The van der Waals surface area contributed by atoms with Gasteiger partial charge in [0, 0.05) is 25.8 Å². The Hall–Kier alpha value is -2.29. The van der Waals surface area contributed by atoms with Gasteiger partial charge in [-0.1, -0.05) is 11.6 Å². The van der Waals surface area contributed by atoms with Crippen molar-refractivity contribution in [2.75, 3.05) is 25.0 Å². The van der Waals surface area contributed by atoms with Crippen LogP contribution in [0.25, 0.3) is 0 Å². The zero-order chi connectivity index (χ0) is 22.0. The topological polar surface area (TPSA) is 81.9 Å². The molecule has 2 aromatic rings. The molecule has 0 amide bonds. The molecule has 0 N–H and O–H groups in total. The molecular formula is C17H17ClF3N2O5P. The Balaban J connectivity index is 2.43. The maximum absolute atomic E-state index is 12.8. The van der Waals surface area contributed by atoms with Gasteiger partial charge in [-0.15, -0.1) is 0 Å². The number of nitro benzene ring substituents is 1. The molecule has 1 atom stereocenters. The molecule has 7 nitrogen and oxygen atoms in total. The first kappa shape index (κ1) is 23.0. The molecule has 1 unspecified atom stereocenters. The first-order valence-corrected chi connectivity index (χ1v) is 10.6. The number of nitrogens with zero attached hydrogens (tertiary/aromatic N) is 2. The SMILES string of the molecule is CCOP(C)(=O)N(C)c1cc(Oc2ccc(C(F)(F)F)cc2Cl)ccc1[N+](=O)[O-]. The fourth-order valence-corrected chi connectivity index (χ4v) is 3.81. The Kier molecular flexibility index (Phi) is 6.82. The van der Waals surface area contributed by atoms with E-state index in [1.807, 2.05) is 0 Å². The second-order valence-electron chi connectivity index (χ2n) is 5.90. The Morgan fingerprint density at radius 3 is 2.41 bits per heavy atom. The summed E-state index contributed by atoms with van der Waals surface area (Å²) in [4.78, 5) is 10.7. The molecule has 12 heteroatoms. The summed E-state index contributed by atoms with van der Waals surface area (Å²) in [5.41, 5.74) is -1.34. The summed E-state index contributed by atoms with van der Waals surface area (Å²) in [6.45, 7) is 3.06. The maximum Gasteiger partial charge on any atom is 0.416 e. The van der Waals surface area contributed by atoms with Crippen molar-refractivity contribution in [3.8, 4) is 11.5 Å². The van der Waals surface area contributed by atoms with Crippen LogP contribution in [0.4, 0.5) is 24.5 Å². The van der Waals surface area contributed by atoms with Crippen LogP contribution in [0.15, 0.2) is 36.4 Å². The molecule has 0 aliphatic carbocycles.